The number of amides is 1. The summed E-state index contributed by atoms with van der Waals surface area (Å²) >= 11 is 0. The molecule has 0 aliphatic rings. The van der Waals surface area contributed by atoms with Gasteiger partial charge < -0.3 is 15.2 Å². The fourth-order valence-corrected chi connectivity index (χ4v) is 2.24. The zero-order chi connectivity index (χ0) is 18.1. The molecule has 0 aliphatic heterocycles. The number of carbonyl (C=O) groups excluding carboxylic acids is 1. The standard InChI is InChI=1S/C19H20FNO4/c20-15-6-3-5-14(11-15)13-25-17-8-4-7-16(12-17)21-18(22)9-1-2-10-19(23)24/h3-8,11-12H,1-2,9-10,13H2,(H,21,22)(H,23,24). The first-order valence-corrected chi connectivity index (χ1v) is 8.02. The van der Waals surface area contributed by atoms with Crippen molar-refractivity contribution in [3.8, 4) is 5.75 Å². The van der Waals surface area contributed by atoms with Crippen molar-refractivity contribution >= 4 is 17.6 Å². The molecule has 0 radical (unpaired) electrons. The summed E-state index contributed by atoms with van der Waals surface area (Å²) in [6.45, 7) is 0.227. The molecule has 0 aliphatic carbocycles. The number of aliphatic carboxylic acids is 1. The van der Waals surface area contributed by atoms with Crippen molar-refractivity contribution in [2.24, 2.45) is 0 Å². The molecule has 6 heteroatoms. The Hall–Kier alpha value is -2.89. The Morgan fingerprint density at radius 1 is 1.04 bits per heavy atom. The largest absolute Gasteiger partial charge is 0.489 e. The Morgan fingerprint density at radius 3 is 2.56 bits per heavy atom. The van der Waals surface area contributed by atoms with Gasteiger partial charge in [-0.05, 0) is 42.7 Å². The van der Waals surface area contributed by atoms with Gasteiger partial charge in [0.25, 0.3) is 0 Å². The van der Waals surface area contributed by atoms with Crippen molar-refractivity contribution in [3.05, 3.63) is 59.9 Å². The van der Waals surface area contributed by atoms with Gasteiger partial charge >= 0.3 is 5.97 Å². The predicted octanol–water partition coefficient (Wildman–Crippen LogP) is 3.99. The van der Waals surface area contributed by atoms with Gasteiger partial charge in [-0.25, -0.2) is 4.39 Å². The van der Waals surface area contributed by atoms with Crippen molar-refractivity contribution in [3.63, 3.8) is 0 Å². The summed E-state index contributed by atoms with van der Waals surface area (Å²) in [6.07, 6.45) is 1.33. The van der Waals surface area contributed by atoms with Crippen LogP contribution >= 0.6 is 0 Å². The molecule has 2 N–H and O–H groups in total. The van der Waals surface area contributed by atoms with E-state index in [0.717, 1.165) is 0 Å². The Morgan fingerprint density at radius 2 is 1.80 bits per heavy atom. The Kier molecular flexibility index (Phi) is 6.95. The molecule has 0 unspecified atom stereocenters. The number of hydrogen-bond donors (Lipinski definition) is 2. The lowest BCUT2D eigenvalue weighted by molar-refractivity contribution is -0.137. The maximum Gasteiger partial charge on any atom is 0.303 e. The first-order chi connectivity index (χ1) is 12.0. The smallest absolute Gasteiger partial charge is 0.303 e. The second-order valence-electron chi connectivity index (χ2n) is 5.60. The zero-order valence-electron chi connectivity index (χ0n) is 13.7. The molecule has 0 atom stereocenters. The van der Waals surface area contributed by atoms with Gasteiger partial charge in [0.05, 0.1) is 0 Å². The highest BCUT2D eigenvalue weighted by molar-refractivity contribution is 5.90. The summed E-state index contributed by atoms with van der Waals surface area (Å²) in [6, 6.07) is 13.1. The van der Waals surface area contributed by atoms with E-state index in [1.165, 1.54) is 12.1 Å². The van der Waals surface area contributed by atoms with Crippen molar-refractivity contribution in [1.29, 1.82) is 0 Å². The van der Waals surface area contributed by atoms with E-state index in [-0.39, 0.29) is 31.2 Å². The number of hydrogen-bond acceptors (Lipinski definition) is 3. The van der Waals surface area contributed by atoms with Crippen molar-refractivity contribution in [2.75, 3.05) is 5.32 Å². The number of carbonyl (C=O) groups is 2. The monoisotopic (exact) mass is 345 g/mol. The summed E-state index contributed by atoms with van der Waals surface area (Å²) < 4.78 is 18.7. The van der Waals surface area contributed by atoms with Crippen LogP contribution in [0.2, 0.25) is 0 Å². The first-order valence-electron chi connectivity index (χ1n) is 8.02. The highest BCUT2D eigenvalue weighted by Crippen LogP contribution is 2.19. The number of nitrogens with one attached hydrogen (secondary N) is 1. The summed E-state index contributed by atoms with van der Waals surface area (Å²) in [5.41, 5.74) is 1.31. The number of halogens is 1. The maximum absolute atomic E-state index is 13.1. The normalized spacial score (nSPS) is 10.3. The minimum atomic E-state index is -0.858. The third-order valence-corrected chi connectivity index (χ3v) is 3.46. The van der Waals surface area contributed by atoms with Crippen LogP contribution < -0.4 is 10.1 Å². The number of benzene rings is 2. The lowest BCUT2D eigenvalue weighted by Gasteiger charge is -2.09. The van der Waals surface area contributed by atoms with Crippen LogP contribution in [0.1, 0.15) is 31.2 Å². The van der Waals surface area contributed by atoms with Gasteiger partial charge in [-0.1, -0.05) is 18.2 Å². The molecule has 132 valence electrons. The molecule has 0 saturated carbocycles. The predicted molar refractivity (Wildman–Crippen MR) is 91.9 cm³/mol. The quantitative estimate of drug-likeness (QED) is 0.674. The van der Waals surface area contributed by atoms with E-state index in [0.29, 0.717) is 29.8 Å². The highest BCUT2D eigenvalue weighted by Gasteiger charge is 2.05. The summed E-state index contributed by atoms with van der Waals surface area (Å²) in [5.74, 6) is -0.783. The van der Waals surface area contributed by atoms with Crippen LogP contribution in [0.15, 0.2) is 48.5 Å². The van der Waals surface area contributed by atoms with Gasteiger partial charge in [0.15, 0.2) is 0 Å². The minimum absolute atomic E-state index is 0.0662. The Balaban J connectivity index is 1.81. The average molecular weight is 345 g/mol. The van der Waals surface area contributed by atoms with Gasteiger partial charge in [-0.2, -0.15) is 0 Å². The van der Waals surface area contributed by atoms with Gasteiger partial charge in [0.2, 0.25) is 5.91 Å². The topological polar surface area (TPSA) is 75.6 Å². The second-order valence-corrected chi connectivity index (χ2v) is 5.60. The average Bonchev–Trinajstić information content (AvgIpc) is 2.57. The Bertz CT molecular complexity index is 733. The number of anilines is 1. The molecule has 0 heterocycles. The number of unbranched alkanes of at least 4 members (excludes halogenated alkanes) is 1. The Labute approximate surface area is 145 Å². The summed E-state index contributed by atoms with van der Waals surface area (Å²) in [5, 5.41) is 11.3. The van der Waals surface area contributed by atoms with Crippen LogP contribution in [0.3, 0.4) is 0 Å². The fraction of sp³-hybridized carbons (Fsp3) is 0.263. The van der Waals surface area contributed by atoms with Crippen LogP contribution in [0.5, 0.6) is 5.75 Å². The zero-order valence-corrected chi connectivity index (χ0v) is 13.7. The number of rotatable bonds is 9. The van der Waals surface area contributed by atoms with Crippen LogP contribution in [0.4, 0.5) is 10.1 Å². The molecule has 0 bridgehead atoms. The number of carboxylic acids is 1. The van der Waals surface area contributed by atoms with Crippen LogP contribution in [-0.4, -0.2) is 17.0 Å². The molecule has 5 nitrogen and oxygen atoms in total. The molecule has 25 heavy (non-hydrogen) atoms. The van der Waals surface area contributed by atoms with Crippen LogP contribution in [0, 0.1) is 5.82 Å². The van der Waals surface area contributed by atoms with Crippen LogP contribution in [-0.2, 0) is 16.2 Å². The maximum atomic E-state index is 13.1. The van der Waals surface area contributed by atoms with Crippen molar-refractivity contribution < 1.29 is 23.8 Å². The molecule has 2 aromatic carbocycles. The van der Waals surface area contributed by atoms with Crippen molar-refractivity contribution in [1.82, 2.24) is 0 Å². The third kappa shape index (κ3) is 7.03. The molecule has 1 amide bonds. The summed E-state index contributed by atoms with van der Waals surface area (Å²) in [4.78, 5) is 22.3. The van der Waals surface area contributed by atoms with E-state index in [4.69, 9.17) is 9.84 Å². The van der Waals surface area contributed by atoms with E-state index < -0.39 is 5.97 Å². The van der Waals surface area contributed by atoms with E-state index in [1.807, 2.05) is 0 Å². The van der Waals surface area contributed by atoms with Crippen LogP contribution in [0.25, 0.3) is 0 Å². The summed E-state index contributed by atoms with van der Waals surface area (Å²) in [7, 11) is 0. The van der Waals surface area contributed by atoms with E-state index >= 15 is 0 Å². The third-order valence-electron chi connectivity index (χ3n) is 3.46. The highest BCUT2D eigenvalue weighted by atomic mass is 19.1. The van der Waals surface area contributed by atoms with Gasteiger partial charge in [0, 0.05) is 24.6 Å². The molecule has 0 spiro atoms. The van der Waals surface area contributed by atoms with E-state index in [9.17, 15) is 14.0 Å². The number of ether oxygens (including phenoxy) is 1. The van der Waals surface area contributed by atoms with Gasteiger partial charge in [-0.15, -0.1) is 0 Å². The molecule has 0 fully saturated rings. The SMILES string of the molecule is O=C(O)CCCCC(=O)Nc1cccc(OCc2cccc(F)c2)c1. The van der Waals surface area contributed by atoms with E-state index in [2.05, 4.69) is 5.32 Å². The lowest BCUT2D eigenvalue weighted by Crippen LogP contribution is -2.11. The van der Waals surface area contributed by atoms with Gasteiger partial charge in [0.1, 0.15) is 18.2 Å². The number of carboxylic acid groups (broad SMARTS) is 1. The molecule has 2 rings (SSSR count). The lowest BCUT2D eigenvalue weighted by atomic mass is 10.2. The molecule has 0 saturated heterocycles. The van der Waals surface area contributed by atoms with Gasteiger partial charge in [-0.3, -0.25) is 9.59 Å². The molecule has 0 aromatic heterocycles. The second kappa shape index (κ2) is 9.42. The molecular formula is C19H20FNO4. The molecular weight excluding hydrogens is 325 g/mol. The first kappa shape index (κ1) is 18.4. The molecule has 2 aromatic rings. The fourth-order valence-electron chi connectivity index (χ4n) is 2.24. The minimum Gasteiger partial charge on any atom is -0.489 e. The van der Waals surface area contributed by atoms with Crippen molar-refractivity contribution in [2.45, 2.75) is 32.3 Å². The van der Waals surface area contributed by atoms with E-state index in [1.54, 1.807) is 36.4 Å².